The first-order valence-corrected chi connectivity index (χ1v) is 16.5. The summed E-state index contributed by atoms with van der Waals surface area (Å²) in [7, 11) is -8.68. The maximum atomic E-state index is 12.2. The molecule has 1 aromatic heterocycles. The Morgan fingerprint density at radius 2 is 1.62 bits per heavy atom. The number of ether oxygens (including phenoxy) is 1. The van der Waals surface area contributed by atoms with Crippen molar-refractivity contribution in [3.8, 4) is 5.75 Å². The van der Waals surface area contributed by atoms with Crippen LogP contribution >= 0.6 is 0 Å². The van der Waals surface area contributed by atoms with Gasteiger partial charge in [0.1, 0.15) is 6.08 Å². The van der Waals surface area contributed by atoms with E-state index in [1.807, 2.05) is 69.3 Å². The third kappa shape index (κ3) is 5.11. The van der Waals surface area contributed by atoms with Crippen LogP contribution in [-0.4, -0.2) is 38.2 Å². The summed E-state index contributed by atoms with van der Waals surface area (Å²) in [5, 5.41) is 3.64. The number of benzene rings is 4. The highest BCUT2D eigenvalue weighted by Crippen LogP contribution is 2.44. The van der Waals surface area contributed by atoms with Crippen LogP contribution in [-0.2, 0) is 26.1 Å². The second kappa shape index (κ2) is 10.1. The van der Waals surface area contributed by atoms with Crippen molar-refractivity contribution in [3.05, 3.63) is 83.1 Å². The van der Waals surface area contributed by atoms with Crippen molar-refractivity contribution in [2.75, 3.05) is 17.2 Å². The molecule has 0 atom stereocenters. The molecule has 0 saturated heterocycles. The van der Waals surface area contributed by atoms with Gasteiger partial charge in [0.15, 0.2) is 5.75 Å². The molecule has 2 N–H and O–H groups in total. The maximum absolute atomic E-state index is 12.2. The van der Waals surface area contributed by atoms with E-state index in [9.17, 15) is 25.9 Å². The number of aromatic nitrogens is 1. The molecule has 12 heteroatoms. The molecule has 42 heavy (non-hydrogen) atoms. The molecule has 10 nitrogen and oxygen atoms in total. The van der Waals surface area contributed by atoms with E-state index in [1.54, 1.807) is 11.0 Å². The first-order valence-electron chi connectivity index (χ1n) is 13.3. The van der Waals surface area contributed by atoms with Crippen LogP contribution in [0.25, 0.3) is 38.7 Å². The fraction of sp³-hybridized carbons (Fsp3) is 0.233. The van der Waals surface area contributed by atoms with E-state index < -0.39 is 31.9 Å². The van der Waals surface area contributed by atoms with Gasteiger partial charge >= 0.3 is 16.0 Å². The van der Waals surface area contributed by atoms with E-state index in [4.69, 9.17) is 9.15 Å². The highest BCUT2D eigenvalue weighted by molar-refractivity contribution is 7.85. The topological polar surface area (TPSA) is 138 Å². The molecule has 0 saturated carbocycles. The van der Waals surface area contributed by atoms with Crippen LogP contribution in [0, 0.1) is 20.8 Å². The monoisotopic (exact) mass is 609 g/mol. The number of rotatable bonds is 7. The number of hydrogen-bond acceptors (Lipinski definition) is 7. The number of aryl methyl sites for hydroxylation is 1. The fourth-order valence-electron chi connectivity index (χ4n) is 5.65. The molecule has 5 aromatic rings. The van der Waals surface area contributed by atoms with Gasteiger partial charge in [0, 0.05) is 6.54 Å². The summed E-state index contributed by atoms with van der Waals surface area (Å²) in [5.41, 5.74) is 4.63. The lowest BCUT2D eigenvalue weighted by molar-refractivity contribution is -0.658. The summed E-state index contributed by atoms with van der Waals surface area (Å²) in [4.78, 5) is 1.79. The zero-order valence-electron chi connectivity index (χ0n) is 23.2. The lowest BCUT2D eigenvalue weighted by Crippen LogP contribution is -2.39. The van der Waals surface area contributed by atoms with Gasteiger partial charge in [-0.25, -0.2) is 0 Å². The smallest absolute Gasteiger partial charge is 0.380 e. The Morgan fingerprint density at radius 1 is 0.881 bits per heavy atom. The summed E-state index contributed by atoms with van der Waals surface area (Å²) in [6.45, 7) is 6.08. The fourth-order valence-corrected chi connectivity index (χ4v) is 6.73. The van der Waals surface area contributed by atoms with E-state index in [1.165, 1.54) is 10.6 Å². The first kappa shape index (κ1) is 28.2. The molecule has 0 unspecified atom stereocenters. The third-order valence-electron chi connectivity index (χ3n) is 7.77. The highest BCUT2D eigenvalue weighted by atomic mass is 32.2. The molecule has 6 rings (SSSR count). The second-order valence-electron chi connectivity index (χ2n) is 10.5. The predicted octanol–water partition coefficient (Wildman–Crippen LogP) is 5.27. The highest BCUT2D eigenvalue weighted by Gasteiger charge is 2.34. The minimum absolute atomic E-state index is 0.105. The number of oxazole rings is 1. The molecule has 0 amide bonds. The van der Waals surface area contributed by atoms with Crippen molar-refractivity contribution >= 4 is 64.6 Å². The molecular formula is C30H29N2O8S2+. The Bertz CT molecular complexity index is 2170. The Balaban J connectivity index is 1.56. The number of hydrogen-bond donors (Lipinski definition) is 2. The standard InChI is InChI=1S/C30H28N2O8S2/c1-18-15-26-29(20(3)19(18)2)31(13-6-14-41(33,34)35)27(40-26)16-28-32(17-42(36,37)38)30-24-10-9-21-7-4-5-8-22(21)23(24)11-12-25(30)39-28/h4-5,7-12,15-16H,6,13-14,17H2,1-3H3,(H-,33,34,35,36,37,38)/p+1. The van der Waals surface area contributed by atoms with Crippen molar-refractivity contribution in [1.82, 2.24) is 0 Å². The minimum atomic E-state index is -4.50. The Labute approximate surface area is 242 Å². The summed E-state index contributed by atoms with van der Waals surface area (Å²) in [5.74, 6) is -0.257. The van der Waals surface area contributed by atoms with Gasteiger partial charge in [-0.2, -0.15) is 16.8 Å². The first-order chi connectivity index (χ1) is 19.8. The molecule has 0 bridgehead atoms. The molecule has 1 aliphatic rings. The molecule has 0 aliphatic carbocycles. The van der Waals surface area contributed by atoms with Crippen LogP contribution in [0.1, 0.15) is 29.0 Å². The summed E-state index contributed by atoms with van der Waals surface area (Å²) in [6, 6.07) is 17.3. The molecule has 4 aromatic carbocycles. The second-order valence-corrected chi connectivity index (χ2v) is 13.5. The third-order valence-corrected chi connectivity index (χ3v) is 9.16. The van der Waals surface area contributed by atoms with E-state index in [-0.39, 0.29) is 24.7 Å². The summed E-state index contributed by atoms with van der Waals surface area (Å²) < 4.78 is 80.4. The van der Waals surface area contributed by atoms with Crippen LogP contribution < -0.4 is 14.2 Å². The van der Waals surface area contributed by atoms with E-state index in [2.05, 4.69) is 0 Å². The normalized spacial score (nSPS) is 14.8. The lowest BCUT2D eigenvalue weighted by atomic mass is 10.0. The average molecular weight is 610 g/mol. The number of anilines is 1. The van der Waals surface area contributed by atoms with Crippen molar-refractivity contribution < 1.29 is 39.7 Å². The van der Waals surface area contributed by atoms with Crippen molar-refractivity contribution in [2.24, 2.45) is 0 Å². The van der Waals surface area contributed by atoms with Crippen LogP contribution in [0.2, 0.25) is 0 Å². The number of nitrogens with zero attached hydrogens (tertiary/aromatic N) is 2. The van der Waals surface area contributed by atoms with E-state index in [0.717, 1.165) is 43.9 Å². The molecule has 0 radical (unpaired) electrons. The van der Waals surface area contributed by atoms with Crippen LogP contribution in [0.4, 0.5) is 5.69 Å². The zero-order chi connectivity index (χ0) is 30.0. The Hall–Kier alpha value is -3.97. The van der Waals surface area contributed by atoms with Crippen molar-refractivity contribution in [2.45, 2.75) is 33.1 Å². The Morgan fingerprint density at radius 3 is 2.36 bits per heavy atom. The molecule has 218 valence electrons. The molecular weight excluding hydrogens is 580 g/mol. The SMILES string of the molecule is Cc1cc2c(c(C)c1C)N(CCCS(=O)(=O)O)C(=Cc1oc3ccc4c5ccccc5ccc4c3[n+]1CS(=O)(=O)O)O2. The predicted molar refractivity (Wildman–Crippen MR) is 161 cm³/mol. The molecule has 0 spiro atoms. The molecule has 0 fully saturated rings. The lowest BCUT2D eigenvalue weighted by Gasteiger charge is -2.20. The van der Waals surface area contributed by atoms with Gasteiger partial charge in [0.05, 0.1) is 16.8 Å². The maximum Gasteiger partial charge on any atom is 0.380 e. The van der Waals surface area contributed by atoms with Gasteiger partial charge in [-0.15, -0.1) is 4.57 Å². The van der Waals surface area contributed by atoms with E-state index in [0.29, 0.717) is 16.8 Å². The largest absolute Gasteiger partial charge is 0.438 e. The minimum Gasteiger partial charge on any atom is -0.438 e. The molecule has 1 aliphatic heterocycles. The zero-order valence-corrected chi connectivity index (χ0v) is 24.8. The van der Waals surface area contributed by atoms with Gasteiger partial charge < -0.3 is 14.1 Å². The quantitative estimate of drug-likeness (QED) is 0.144. The van der Waals surface area contributed by atoms with Crippen molar-refractivity contribution in [1.29, 1.82) is 0 Å². The van der Waals surface area contributed by atoms with Gasteiger partial charge in [0.25, 0.3) is 21.5 Å². The average Bonchev–Trinajstić information content (AvgIpc) is 3.42. The van der Waals surface area contributed by atoms with Crippen LogP contribution in [0.15, 0.2) is 64.9 Å². The van der Waals surface area contributed by atoms with Crippen LogP contribution in [0.5, 0.6) is 5.75 Å². The van der Waals surface area contributed by atoms with E-state index >= 15 is 0 Å². The number of fused-ring (bicyclic) bond motifs is 6. The Kier molecular flexibility index (Phi) is 6.76. The van der Waals surface area contributed by atoms with Gasteiger partial charge in [-0.3, -0.25) is 9.11 Å². The van der Waals surface area contributed by atoms with Crippen LogP contribution in [0.3, 0.4) is 0 Å². The van der Waals surface area contributed by atoms with Crippen molar-refractivity contribution in [3.63, 3.8) is 0 Å². The summed E-state index contributed by atoms with van der Waals surface area (Å²) >= 11 is 0. The van der Waals surface area contributed by atoms with Gasteiger partial charge in [0.2, 0.25) is 11.5 Å². The van der Waals surface area contributed by atoms with Gasteiger partial charge in [-0.1, -0.05) is 30.3 Å². The summed E-state index contributed by atoms with van der Waals surface area (Å²) in [6.07, 6.45) is 1.64. The van der Waals surface area contributed by atoms with Gasteiger partial charge in [-0.05, 0) is 84.3 Å². The molecule has 2 heterocycles.